The molecule has 1 aromatic carbocycles. The monoisotopic (exact) mass is 311 g/mol. The highest BCUT2D eigenvalue weighted by molar-refractivity contribution is 5.25. The fourth-order valence-corrected chi connectivity index (χ4v) is 3.69. The first-order valence-electron chi connectivity index (χ1n) is 9.05. The van der Waals surface area contributed by atoms with E-state index in [1.165, 1.54) is 42.8 Å². The Hall–Kier alpha value is -1.61. The van der Waals surface area contributed by atoms with Gasteiger partial charge in [0, 0.05) is 18.2 Å². The van der Waals surface area contributed by atoms with Gasteiger partial charge >= 0.3 is 0 Å². The topological polar surface area (TPSA) is 21.1 Å². The molecule has 3 rings (SSSR count). The number of hydrogen-bond donors (Lipinski definition) is 0. The molecule has 1 aliphatic heterocycles. The van der Waals surface area contributed by atoms with Gasteiger partial charge in [0.2, 0.25) is 0 Å². The Balaban J connectivity index is 1.76. The lowest BCUT2D eigenvalue weighted by Gasteiger charge is -2.30. The molecule has 1 fully saturated rings. The molecule has 124 valence electrons. The van der Waals surface area contributed by atoms with Crippen molar-refractivity contribution in [3.8, 4) is 0 Å². The minimum atomic E-state index is 0.686. The Morgan fingerprint density at radius 1 is 1.09 bits per heavy atom. The van der Waals surface area contributed by atoms with E-state index >= 15 is 0 Å². The number of piperidine rings is 1. The summed E-state index contributed by atoms with van der Waals surface area (Å²) in [7, 11) is 2.23. The molecule has 3 nitrogen and oxygen atoms in total. The Morgan fingerprint density at radius 2 is 1.83 bits per heavy atom. The first-order valence-corrected chi connectivity index (χ1v) is 9.05. The number of nitrogens with zero attached hydrogens (tertiary/aromatic N) is 3. The summed E-state index contributed by atoms with van der Waals surface area (Å²) >= 11 is 0. The van der Waals surface area contributed by atoms with Crippen LogP contribution in [0.1, 0.15) is 48.9 Å². The molecular weight excluding hydrogens is 282 g/mol. The maximum atomic E-state index is 4.72. The molecule has 1 aliphatic rings. The molecule has 2 aromatic rings. The molecule has 1 aromatic heterocycles. The van der Waals surface area contributed by atoms with Gasteiger partial charge in [-0.25, -0.2) is 0 Å². The van der Waals surface area contributed by atoms with Gasteiger partial charge in [0.25, 0.3) is 0 Å². The molecule has 0 radical (unpaired) electrons. The van der Waals surface area contributed by atoms with Crippen LogP contribution in [0.15, 0.2) is 36.5 Å². The highest BCUT2D eigenvalue weighted by Gasteiger charge is 2.24. The Labute approximate surface area is 140 Å². The fourth-order valence-electron chi connectivity index (χ4n) is 3.69. The normalized spacial score (nSPS) is 16.8. The lowest BCUT2D eigenvalue weighted by Crippen LogP contribution is -2.30. The van der Waals surface area contributed by atoms with Crippen molar-refractivity contribution in [1.29, 1.82) is 0 Å². The van der Waals surface area contributed by atoms with Crippen LogP contribution < -0.4 is 0 Å². The van der Waals surface area contributed by atoms with Crippen molar-refractivity contribution < 1.29 is 0 Å². The minimum absolute atomic E-state index is 0.686. The van der Waals surface area contributed by atoms with Crippen molar-refractivity contribution >= 4 is 0 Å². The van der Waals surface area contributed by atoms with Gasteiger partial charge in [0.1, 0.15) is 0 Å². The largest absolute Gasteiger partial charge is 0.306 e. The van der Waals surface area contributed by atoms with Gasteiger partial charge in [0.05, 0.1) is 6.20 Å². The molecule has 0 amide bonds. The molecule has 0 bridgehead atoms. The van der Waals surface area contributed by atoms with Crippen LogP contribution in [0.2, 0.25) is 0 Å². The molecule has 3 heteroatoms. The summed E-state index contributed by atoms with van der Waals surface area (Å²) in [4.78, 5) is 2.45. The van der Waals surface area contributed by atoms with Gasteiger partial charge in [-0.2, -0.15) is 5.10 Å². The summed E-state index contributed by atoms with van der Waals surface area (Å²) in [5.41, 5.74) is 4.41. The first-order chi connectivity index (χ1) is 11.3. The highest BCUT2D eigenvalue weighted by Crippen LogP contribution is 2.31. The third kappa shape index (κ3) is 4.03. The maximum Gasteiger partial charge on any atom is 0.0524 e. The second-order valence-electron chi connectivity index (χ2n) is 6.84. The highest BCUT2D eigenvalue weighted by atomic mass is 15.3. The van der Waals surface area contributed by atoms with Crippen molar-refractivity contribution in [2.24, 2.45) is 0 Å². The van der Waals surface area contributed by atoms with E-state index in [2.05, 4.69) is 60.1 Å². The second-order valence-corrected chi connectivity index (χ2v) is 6.84. The van der Waals surface area contributed by atoms with E-state index in [0.717, 1.165) is 25.8 Å². The second kappa shape index (κ2) is 7.78. The summed E-state index contributed by atoms with van der Waals surface area (Å²) in [5.74, 6) is 0.686. The predicted molar refractivity (Wildman–Crippen MR) is 95.8 cm³/mol. The summed E-state index contributed by atoms with van der Waals surface area (Å²) in [6.07, 6.45) is 8.04. The Morgan fingerprint density at radius 3 is 2.52 bits per heavy atom. The zero-order chi connectivity index (χ0) is 16.1. The van der Waals surface area contributed by atoms with E-state index in [0.29, 0.717) is 5.92 Å². The van der Waals surface area contributed by atoms with Gasteiger partial charge < -0.3 is 4.90 Å². The minimum Gasteiger partial charge on any atom is -0.306 e. The molecule has 1 saturated heterocycles. The quantitative estimate of drug-likeness (QED) is 0.807. The van der Waals surface area contributed by atoms with Crippen LogP contribution in [0.5, 0.6) is 0 Å². The Bertz CT molecular complexity index is 595. The maximum absolute atomic E-state index is 4.72. The zero-order valence-electron chi connectivity index (χ0n) is 14.5. The molecule has 0 unspecified atom stereocenters. The lowest BCUT2D eigenvalue weighted by atomic mass is 9.89. The van der Waals surface area contributed by atoms with Gasteiger partial charge in [-0.1, -0.05) is 37.3 Å². The van der Waals surface area contributed by atoms with Crippen LogP contribution in [0.25, 0.3) is 0 Å². The summed E-state index contributed by atoms with van der Waals surface area (Å²) < 4.78 is 2.29. The molecule has 23 heavy (non-hydrogen) atoms. The van der Waals surface area contributed by atoms with Crippen molar-refractivity contribution in [2.75, 3.05) is 20.1 Å². The molecule has 0 aliphatic carbocycles. The summed E-state index contributed by atoms with van der Waals surface area (Å²) in [6.45, 7) is 5.71. The zero-order valence-corrected chi connectivity index (χ0v) is 14.5. The van der Waals surface area contributed by atoms with Crippen LogP contribution >= 0.6 is 0 Å². The third-order valence-electron chi connectivity index (χ3n) is 5.03. The summed E-state index contributed by atoms with van der Waals surface area (Å²) in [6, 6.07) is 10.8. The average Bonchev–Trinajstić information content (AvgIpc) is 2.98. The fraction of sp³-hybridized carbons (Fsp3) is 0.550. The number of likely N-dealkylation sites (tertiary alicyclic amines) is 1. The molecular formula is C20H29N3. The summed E-state index contributed by atoms with van der Waals surface area (Å²) in [5, 5.41) is 4.72. The molecule has 0 atom stereocenters. The van der Waals surface area contributed by atoms with Crippen molar-refractivity contribution in [2.45, 2.75) is 51.5 Å². The number of aryl methyl sites for hydroxylation is 3. The van der Waals surface area contributed by atoms with Crippen molar-refractivity contribution in [3.05, 3.63) is 53.3 Å². The number of hydrogen-bond acceptors (Lipinski definition) is 2. The van der Waals surface area contributed by atoms with E-state index in [1.54, 1.807) is 0 Å². The van der Waals surface area contributed by atoms with E-state index < -0.39 is 0 Å². The molecule has 0 N–H and O–H groups in total. The average molecular weight is 311 g/mol. The van der Waals surface area contributed by atoms with Gasteiger partial charge in [-0.3, -0.25) is 4.68 Å². The van der Waals surface area contributed by atoms with Crippen LogP contribution in [-0.4, -0.2) is 34.8 Å². The first kappa shape index (κ1) is 16.3. The van der Waals surface area contributed by atoms with Crippen LogP contribution in [0.4, 0.5) is 0 Å². The van der Waals surface area contributed by atoms with Crippen LogP contribution in [0, 0.1) is 0 Å². The van der Waals surface area contributed by atoms with E-state index in [4.69, 9.17) is 5.10 Å². The van der Waals surface area contributed by atoms with E-state index in [1.807, 2.05) is 0 Å². The Kier molecular flexibility index (Phi) is 5.50. The number of aromatic nitrogens is 2. The SMILES string of the molecule is CCCn1ncc(CCc2ccccc2)c1C1CCN(C)CC1. The van der Waals surface area contributed by atoms with Crippen molar-refractivity contribution in [1.82, 2.24) is 14.7 Å². The van der Waals surface area contributed by atoms with Crippen LogP contribution in [0.3, 0.4) is 0 Å². The van der Waals surface area contributed by atoms with Gasteiger partial charge in [-0.15, -0.1) is 0 Å². The van der Waals surface area contributed by atoms with Crippen LogP contribution in [-0.2, 0) is 19.4 Å². The lowest BCUT2D eigenvalue weighted by molar-refractivity contribution is 0.249. The number of benzene rings is 1. The van der Waals surface area contributed by atoms with Crippen molar-refractivity contribution in [3.63, 3.8) is 0 Å². The van der Waals surface area contributed by atoms with E-state index in [-0.39, 0.29) is 0 Å². The van der Waals surface area contributed by atoms with Gasteiger partial charge in [0.15, 0.2) is 0 Å². The number of rotatable bonds is 6. The molecule has 0 saturated carbocycles. The molecule has 2 heterocycles. The predicted octanol–water partition coefficient (Wildman–Crippen LogP) is 3.89. The third-order valence-corrected chi connectivity index (χ3v) is 5.03. The smallest absolute Gasteiger partial charge is 0.0524 e. The van der Waals surface area contributed by atoms with E-state index in [9.17, 15) is 0 Å². The standard InChI is InChI=1S/C20H29N3/c1-3-13-23-20(18-11-14-22(2)15-12-18)19(16-21-23)10-9-17-7-5-4-6-8-17/h4-8,16,18H,3,9-15H2,1-2H3. The molecule has 0 spiro atoms. The van der Waals surface area contributed by atoms with Gasteiger partial charge in [-0.05, 0) is 63.4 Å².